The van der Waals surface area contributed by atoms with Gasteiger partial charge in [-0.15, -0.1) is 0 Å². The van der Waals surface area contributed by atoms with Gasteiger partial charge >= 0.3 is 0 Å². The lowest BCUT2D eigenvalue weighted by Crippen LogP contribution is -2.48. The molecule has 1 saturated heterocycles. The molecule has 0 amide bonds. The summed E-state index contributed by atoms with van der Waals surface area (Å²) in [5, 5.41) is 0.181. The second-order valence-corrected chi connectivity index (χ2v) is 7.73. The first-order valence-corrected chi connectivity index (χ1v) is 9.16. The lowest BCUT2D eigenvalue weighted by molar-refractivity contribution is 0.384. The molecule has 0 aromatic heterocycles. The topological polar surface area (TPSA) is 40.6 Å². The molecule has 0 atom stereocenters. The van der Waals surface area contributed by atoms with E-state index < -0.39 is 21.7 Å². The van der Waals surface area contributed by atoms with Crippen molar-refractivity contribution < 1.29 is 17.2 Å². The predicted molar refractivity (Wildman–Crippen MR) is 88.8 cm³/mol. The van der Waals surface area contributed by atoms with Gasteiger partial charge in [0, 0.05) is 37.9 Å². The first-order chi connectivity index (χ1) is 11.4. The Labute approximate surface area is 144 Å². The van der Waals surface area contributed by atoms with Crippen molar-refractivity contribution in [3.63, 3.8) is 0 Å². The summed E-state index contributed by atoms with van der Waals surface area (Å²) in [5.41, 5.74) is 0.531. The average molecular weight is 373 g/mol. The maximum Gasteiger partial charge on any atom is 0.244 e. The van der Waals surface area contributed by atoms with E-state index in [2.05, 4.69) is 0 Å². The van der Waals surface area contributed by atoms with Crippen molar-refractivity contribution in [1.29, 1.82) is 0 Å². The Morgan fingerprint density at radius 1 is 0.917 bits per heavy atom. The highest BCUT2D eigenvalue weighted by molar-refractivity contribution is 7.89. The zero-order chi connectivity index (χ0) is 17.3. The quantitative estimate of drug-likeness (QED) is 0.831. The fourth-order valence-electron chi connectivity index (χ4n) is 2.66. The van der Waals surface area contributed by atoms with Gasteiger partial charge in [-0.25, -0.2) is 17.2 Å². The van der Waals surface area contributed by atoms with Crippen LogP contribution >= 0.6 is 11.6 Å². The molecule has 1 heterocycles. The van der Waals surface area contributed by atoms with Gasteiger partial charge in [0.15, 0.2) is 11.6 Å². The Kier molecular flexibility index (Phi) is 4.76. The van der Waals surface area contributed by atoms with Crippen LogP contribution in [-0.4, -0.2) is 38.9 Å². The standard InChI is InChI=1S/C16H15ClF2N2O2S/c17-13-3-1-2-4-16(13)24(22,23)21-9-7-20(8-10-21)12-5-6-14(18)15(19)11-12/h1-6,11H,7-10H2. The lowest BCUT2D eigenvalue weighted by Gasteiger charge is -2.35. The van der Waals surface area contributed by atoms with Crippen molar-refractivity contribution in [2.45, 2.75) is 4.90 Å². The van der Waals surface area contributed by atoms with Gasteiger partial charge < -0.3 is 4.90 Å². The van der Waals surface area contributed by atoms with Crippen LogP contribution < -0.4 is 4.90 Å². The van der Waals surface area contributed by atoms with E-state index in [4.69, 9.17) is 11.6 Å². The van der Waals surface area contributed by atoms with Crippen molar-refractivity contribution in [2.75, 3.05) is 31.1 Å². The maximum absolute atomic E-state index is 13.3. The van der Waals surface area contributed by atoms with E-state index in [-0.39, 0.29) is 23.0 Å². The molecule has 24 heavy (non-hydrogen) atoms. The van der Waals surface area contributed by atoms with E-state index >= 15 is 0 Å². The number of hydrogen-bond donors (Lipinski definition) is 0. The van der Waals surface area contributed by atoms with Crippen LogP contribution in [0, 0.1) is 11.6 Å². The smallest absolute Gasteiger partial charge is 0.244 e. The first kappa shape index (κ1) is 17.1. The largest absolute Gasteiger partial charge is 0.369 e. The van der Waals surface area contributed by atoms with E-state index in [9.17, 15) is 17.2 Å². The van der Waals surface area contributed by atoms with E-state index in [0.29, 0.717) is 18.8 Å². The Hall–Kier alpha value is -1.70. The number of halogens is 3. The molecule has 2 aromatic carbocycles. The van der Waals surface area contributed by atoms with E-state index in [1.54, 1.807) is 12.1 Å². The van der Waals surface area contributed by atoms with Crippen LogP contribution in [0.5, 0.6) is 0 Å². The Bertz CT molecular complexity index is 853. The molecule has 128 valence electrons. The third-order valence-electron chi connectivity index (χ3n) is 3.96. The SMILES string of the molecule is O=S(=O)(c1ccccc1Cl)N1CCN(c2ccc(F)c(F)c2)CC1. The van der Waals surface area contributed by atoms with Gasteiger partial charge in [0.2, 0.25) is 10.0 Å². The summed E-state index contributed by atoms with van der Waals surface area (Å²) >= 11 is 5.99. The maximum atomic E-state index is 13.3. The number of anilines is 1. The van der Waals surface area contributed by atoms with Gasteiger partial charge in [-0.05, 0) is 24.3 Å². The average Bonchev–Trinajstić information content (AvgIpc) is 2.58. The third kappa shape index (κ3) is 3.24. The molecule has 0 aliphatic carbocycles. The molecule has 0 N–H and O–H groups in total. The molecular weight excluding hydrogens is 358 g/mol. The van der Waals surface area contributed by atoms with Crippen LogP contribution in [-0.2, 0) is 10.0 Å². The Balaban J connectivity index is 1.75. The van der Waals surface area contributed by atoms with Crippen molar-refractivity contribution in [2.24, 2.45) is 0 Å². The number of hydrogen-bond acceptors (Lipinski definition) is 3. The first-order valence-electron chi connectivity index (χ1n) is 7.34. The van der Waals surface area contributed by atoms with Gasteiger partial charge in [-0.1, -0.05) is 23.7 Å². The number of sulfonamides is 1. The zero-order valence-electron chi connectivity index (χ0n) is 12.6. The monoisotopic (exact) mass is 372 g/mol. The third-order valence-corrected chi connectivity index (χ3v) is 6.36. The molecule has 1 fully saturated rings. The fraction of sp³-hybridized carbons (Fsp3) is 0.250. The highest BCUT2D eigenvalue weighted by Gasteiger charge is 2.30. The molecule has 2 aromatic rings. The summed E-state index contributed by atoms with van der Waals surface area (Å²) in [7, 11) is -3.67. The second kappa shape index (κ2) is 6.66. The molecule has 8 heteroatoms. The number of nitrogens with zero attached hydrogens (tertiary/aromatic N) is 2. The molecule has 0 bridgehead atoms. The van der Waals surface area contributed by atoms with Crippen LogP contribution in [0.25, 0.3) is 0 Å². The molecule has 1 aliphatic rings. The van der Waals surface area contributed by atoms with Gasteiger partial charge in [-0.3, -0.25) is 0 Å². The Morgan fingerprint density at radius 2 is 1.58 bits per heavy atom. The molecule has 0 saturated carbocycles. The van der Waals surface area contributed by atoms with Crippen LogP contribution in [0.3, 0.4) is 0 Å². The lowest BCUT2D eigenvalue weighted by atomic mass is 10.2. The predicted octanol–water partition coefficient (Wildman–Crippen LogP) is 3.13. The number of piperazine rings is 1. The van der Waals surface area contributed by atoms with Crippen LogP contribution in [0.4, 0.5) is 14.5 Å². The minimum absolute atomic E-state index is 0.0768. The minimum atomic E-state index is -3.67. The summed E-state index contributed by atoms with van der Waals surface area (Å²) < 4.78 is 53.0. The molecular formula is C16H15ClF2N2O2S. The highest BCUT2D eigenvalue weighted by Crippen LogP contribution is 2.26. The number of benzene rings is 2. The van der Waals surface area contributed by atoms with Gasteiger partial charge in [0.25, 0.3) is 0 Å². The fourth-order valence-corrected chi connectivity index (χ4v) is 4.58. The van der Waals surface area contributed by atoms with Crippen molar-refractivity contribution in [3.8, 4) is 0 Å². The summed E-state index contributed by atoms with van der Waals surface area (Å²) in [6, 6.07) is 9.96. The zero-order valence-corrected chi connectivity index (χ0v) is 14.2. The van der Waals surface area contributed by atoms with E-state index in [1.165, 1.54) is 22.5 Å². The summed E-state index contributed by atoms with van der Waals surface area (Å²) in [6.45, 7) is 1.25. The van der Waals surface area contributed by atoms with Crippen LogP contribution in [0.1, 0.15) is 0 Å². The number of rotatable bonds is 3. The van der Waals surface area contributed by atoms with Crippen LogP contribution in [0.2, 0.25) is 5.02 Å². The van der Waals surface area contributed by atoms with Gasteiger partial charge in [0.1, 0.15) is 4.90 Å². The minimum Gasteiger partial charge on any atom is -0.369 e. The molecule has 4 nitrogen and oxygen atoms in total. The molecule has 0 radical (unpaired) electrons. The van der Waals surface area contributed by atoms with Crippen molar-refractivity contribution in [3.05, 3.63) is 59.1 Å². The molecule has 3 rings (SSSR count). The van der Waals surface area contributed by atoms with Crippen molar-refractivity contribution in [1.82, 2.24) is 4.31 Å². The van der Waals surface area contributed by atoms with Crippen molar-refractivity contribution >= 4 is 27.3 Å². The van der Waals surface area contributed by atoms with E-state index in [1.807, 2.05) is 4.90 Å². The molecule has 1 aliphatic heterocycles. The summed E-state index contributed by atoms with van der Waals surface area (Å²) in [5.74, 6) is -1.82. The van der Waals surface area contributed by atoms with Gasteiger partial charge in [0.05, 0.1) is 5.02 Å². The Morgan fingerprint density at radius 3 is 2.21 bits per heavy atom. The summed E-state index contributed by atoms with van der Waals surface area (Å²) in [6.07, 6.45) is 0. The molecule has 0 spiro atoms. The van der Waals surface area contributed by atoms with Gasteiger partial charge in [-0.2, -0.15) is 4.31 Å². The van der Waals surface area contributed by atoms with E-state index in [0.717, 1.165) is 12.1 Å². The summed E-state index contributed by atoms with van der Waals surface area (Å²) in [4.78, 5) is 1.90. The molecule has 0 unspecified atom stereocenters. The van der Waals surface area contributed by atoms with Crippen LogP contribution in [0.15, 0.2) is 47.4 Å². The second-order valence-electron chi connectivity index (χ2n) is 5.42. The highest BCUT2D eigenvalue weighted by atomic mass is 35.5. The normalized spacial score (nSPS) is 16.4.